The molecule has 2 aromatic heterocycles. The standard InChI is InChI=1S/C19H24BrN5O2S2/c1-11(2)9-13(10-26)22-16-15-17(23-18(21)28-15)25-19(24-16)29(27)8-7-12-5-3-4-6-14(12)20/h3-6,11,13,26H,7-10H2,1-2H3,(H3,21,22,23,24,25)/t13-,29+/m1/s1. The quantitative estimate of drug-likeness (QED) is 0.386. The van der Waals surface area contributed by atoms with E-state index in [4.69, 9.17) is 5.73 Å². The van der Waals surface area contributed by atoms with Crippen molar-refractivity contribution in [1.29, 1.82) is 0 Å². The number of anilines is 2. The number of nitrogens with one attached hydrogen (secondary N) is 1. The average Bonchev–Trinajstić information content (AvgIpc) is 3.06. The number of hydrogen-bond acceptors (Lipinski definition) is 8. The van der Waals surface area contributed by atoms with E-state index in [-0.39, 0.29) is 17.8 Å². The highest BCUT2D eigenvalue weighted by atomic mass is 79.9. The molecule has 0 aliphatic rings. The van der Waals surface area contributed by atoms with Crippen LogP contribution in [0.15, 0.2) is 33.9 Å². The van der Waals surface area contributed by atoms with Crippen molar-refractivity contribution in [3.63, 3.8) is 0 Å². The third-order valence-electron chi connectivity index (χ3n) is 4.29. The number of aromatic nitrogens is 3. The summed E-state index contributed by atoms with van der Waals surface area (Å²) in [5.41, 5.74) is 7.37. The summed E-state index contributed by atoms with van der Waals surface area (Å²) >= 11 is 4.79. The molecule has 0 saturated carbocycles. The van der Waals surface area contributed by atoms with Crippen molar-refractivity contribution in [3.8, 4) is 0 Å². The number of aliphatic hydroxyl groups is 1. The molecule has 4 N–H and O–H groups in total. The molecule has 0 unspecified atom stereocenters. The minimum atomic E-state index is -1.40. The SMILES string of the molecule is CC(C)C[C@H](CO)Nc1nc([S@@](=O)CCc2ccccc2Br)nc2nc(N)sc12. The summed E-state index contributed by atoms with van der Waals surface area (Å²) in [6, 6.07) is 7.69. The van der Waals surface area contributed by atoms with Crippen LogP contribution in [0.4, 0.5) is 10.9 Å². The van der Waals surface area contributed by atoms with E-state index in [1.54, 1.807) is 0 Å². The maximum Gasteiger partial charge on any atom is 0.222 e. The van der Waals surface area contributed by atoms with E-state index >= 15 is 0 Å². The minimum Gasteiger partial charge on any atom is -0.394 e. The summed E-state index contributed by atoms with van der Waals surface area (Å²) in [6.45, 7) is 4.15. The fourth-order valence-corrected chi connectivity index (χ4v) is 5.13. The second-order valence-electron chi connectivity index (χ2n) is 7.10. The number of fused-ring (bicyclic) bond motifs is 1. The van der Waals surface area contributed by atoms with Gasteiger partial charge in [-0.1, -0.05) is 59.3 Å². The molecule has 0 aliphatic heterocycles. The van der Waals surface area contributed by atoms with E-state index in [1.165, 1.54) is 11.3 Å². The molecule has 3 aromatic rings. The van der Waals surface area contributed by atoms with Crippen LogP contribution in [0.1, 0.15) is 25.8 Å². The molecule has 0 amide bonds. The summed E-state index contributed by atoms with van der Waals surface area (Å²) in [7, 11) is -1.40. The van der Waals surface area contributed by atoms with Gasteiger partial charge in [-0.2, -0.15) is 4.98 Å². The van der Waals surface area contributed by atoms with Gasteiger partial charge in [0.15, 0.2) is 16.6 Å². The van der Waals surface area contributed by atoms with Crippen molar-refractivity contribution >= 4 is 59.4 Å². The molecule has 0 saturated heterocycles. The third kappa shape index (κ3) is 5.71. The Balaban J connectivity index is 1.86. The average molecular weight is 498 g/mol. The number of aryl methyl sites for hydroxylation is 1. The molecule has 0 bridgehead atoms. The topological polar surface area (TPSA) is 114 Å². The number of rotatable bonds is 9. The molecule has 156 valence electrons. The molecular weight excluding hydrogens is 474 g/mol. The number of benzene rings is 1. The van der Waals surface area contributed by atoms with Crippen LogP contribution in [0.5, 0.6) is 0 Å². The molecule has 0 fully saturated rings. The molecule has 0 spiro atoms. The minimum absolute atomic E-state index is 0.0293. The van der Waals surface area contributed by atoms with Crippen LogP contribution in [-0.4, -0.2) is 42.7 Å². The van der Waals surface area contributed by atoms with Crippen molar-refractivity contribution < 1.29 is 9.32 Å². The zero-order valence-electron chi connectivity index (χ0n) is 16.3. The normalized spacial score (nSPS) is 13.7. The van der Waals surface area contributed by atoms with Crippen molar-refractivity contribution in [2.24, 2.45) is 5.92 Å². The number of thiazole rings is 1. The Morgan fingerprint density at radius 1 is 1.28 bits per heavy atom. The first-order chi connectivity index (χ1) is 13.9. The number of hydrogen-bond donors (Lipinski definition) is 3. The molecular formula is C19H24BrN5O2S2. The van der Waals surface area contributed by atoms with Crippen LogP contribution in [0.2, 0.25) is 0 Å². The lowest BCUT2D eigenvalue weighted by molar-refractivity contribution is 0.259. The van der Waals surface area contributed by atoms with E-state index in [2.05, 4.69) is 50.0 Å². The van der Waals surface area contributed by atoms with Crippen LogP contribution in [-0.2, 0) is 17.2 Å². The summed E-state index contributed by atoms with van der Waals surface area (Å²) in [4.78, 5) is 13.1. The predicted octanol–water partition coefficient (Wildman–Crippen LogP) is 3.60. The number of aliphatic hydroxyl groups excluding tert-OH is 1. The summed E-state index contributed by atoms with van der Waals surface area (Å²) < 4.78 is 14.6. The van der Waals surface area contributed by atoms with Gasteiger partial charge >= 0.3 is 0 Å². The van der Waals surface area contributed by atoms with Crippen LogP contribution in [0, 0.1) is 5.92 Å². The van der Waals surface area contributed by atoms with Crippen molar-refractivity contribution in [3.05, 3.63) is 34.3 Å². The molecule has 1 aromatic carbocycles. The number of nitrogen functional groups attached to an aromatic ring is 1. The molecule has 0 aliphatic carbocycles. The second-order valence-corrected chi connectivity index (χ2v) is 10.5. The summed E-state index contributed by atoms with van der Waals surface area (Å²) in [6.07, 6.45) is 1.40. The van der Waals surface area contributed by atoms with Gasteiger partial charge in [-0.15, -0.1) is 0 Å². The van der Waals surface area contributed by atoms with Crippen molar-refractivity contribution in [2.45, 2.75) is 37.9 Å². The highest BCUT2D eigenvalue weighted by Gasteiger charge is 2.19. The van der Waals surface area contributed by atoms with Gasteiger partial charge in [0.05, 0.1) is 23.4 Å². The van der Waals surface area contributed by atoms with Gasteiger partial charge in [-0.05, 0) is 30.4 Å². The Morgan fingerprint density at radius 3 is 2.72 bits per heavy atom. The Morgan fingerprint density at radius 2 is 2.03 bits per heavy atom. The van der Waals surface area contributed by atoms with Crippen LogP contribution < -0.4 is 11.1 Å². The third-order valence-corrected chi connectivity index (χ3v) is 7.10. The van der Waals surface area contributed by atoms with E-state index in [1.807, 2.05) is 24.3 Å². The van der Waals surface area contributed by atoms with E-state index in [9.17, 15) is 9.32 Å². The van der Waals surface area contributed by atoms with E-state index in [0.29, 0.717) is 39.4 Å². The Kier molecular flexibility index (Phi) is 7.55. The zero-order valence-corrected chi connectivity index (χ0v) is 19.5. The Labute approximate surface area is 184 Å². The monoisotopic (exact) mass is 497 g/mol. The van der Waals surface area contributed by atoms with Gasteiger partial charge < -0.3 is 16.2 Å². The first kappa shape index (κ1) is 22.1. The Bertz CT molecular complexity index is 1010. The zero-order chi connectivity index (χ0) is 21.0. The van der Waals surface area contributed by atoms with Crippen LogP contribution >= 0.6 is 27.3 Å². The number of nitrogens with zero attached hydrogens (tertiary/aromatic N) is 3. The number of halogens is 1. The predicted molar refractivity (Wildman–Crippen MR) is 123 cm³/mol. The van der Waals surface area contributed by atoms with Crippen LogP contribution in [0.3, 0.4) is 0 Å². The lowest BCUT2D eigenvalue weighted by Crippen LogP contribution is -2.26. The van der Waals surface area contributed by atoms with Gasteiger partial charge in [0.1, 0.15) is 4.70 Å². The van der Waals surface area contributed by atoms with Gasteiger partial charge in [0.25, 0.3) is 0 Å². The lowest BCUT2D eigenvalue weighted by Gasteiger charge is -2.19. The highest BCUT2D eigenvalue weighted by Crippen LogP contribution is 2.30. The van der Waals surface area contributed by atoms with E-state index < -0.39 is 10.8 Å². The fraction of sp³-hybridized carbons (Fsp3) is 0.421. The first-order valence-corrected chi connectivity index (χ1v) is 12.2. The molecule has 2 atom stereocenters. The van der Waals surface area contributed by atoms with E-state index in [0.717, 1.165) is 16.5 Å². The maximum atomic E-state index is 12.9. The fourth-order valence-electron chi connectivity index (χ4n) is 2.96. The van der Waals surface area contributed by atoms with Gasteiger partial charge in [0.2, 0.25) is 5.16 Å². The number of nitrogens with two attached hydrogens (primary N) is 1. The van der Waals surface area contributed by atoms with Gasteiger partial charge in [-0.25, -0.2) is 9.97 Å². The molecule has 0 radical (unpaired) electrons. The molecule has 29 heavy (non-hydrogen) atoms. The lowest BCUT2D eigenvalue weighted by atomic mass is 10.0. The Hall–Kier alpha value is -1.62. The van der Waals surface area contributed by atoms with Crippen molar-refractivity contribution in [2.75, 3.05) is 23.4 Å². The summed E-state index contributed by atoms with van der Waals surface area (Å²) in [5, 5.41) is 13.6. The second kappa shape index (κ2) is 9.92. The largest absolute Gasteiger partial charge is 0.394 e. The first-order valence-electron chi connectivity index (χ1n) is 9.30. The molecule has 10 heteroatoms. The molecule has 2 heterocycles. The molecule has 3 rings (SSSR count). The maximum absolute atomic E-state index is 12.9. The highest BCUT2D eigenvalue weighted by molar-refractivity contribution is 9.10. The van der Waals surface area contributed by atoms with Crippen LogP contribution in [0.25, 0.3) is 10.3 Å². The van der Waals surface area contributed by atoms with Crippen molar-refractivity contribution in [1.82, 2.24) is 15.0 Å². The summed E-state index contributed by atoms with van der Waals surface area (Å²) in [5.74, 6) is 1.32. The van der Waals surface area contributed by atoms with Gasteiger partial charge in [0, 0.05) is 10.2 Å². The molecule has 7 nitrogen and oxygen atoms in total. The smallest absolute Gasteiger partial charge is 0.222 e. The van der Waals surface area contributed by atoms with Gasteiger partial charge in [-0.3, -0.25) is 4.21 Å².